The third-order valence-electron chi connectivity index (χ3n) is 10.4. The van der Waals surface area contributed by atoms with Crippen molar-refractivity contribution in [2.75, 3.05) is 6.54 Å². The van der Waals surface area contributed by atoms with Crippen LogP contribution in [0, 0.1) is 33.3 Å². The molecule has 1 heterocycles. The summed E-state index contributed by atoms with van der Waals surface area (Å²) < 4.78 is 13.2. The van der Waals surface area contributed by atoms with Crippen LogP contribution in [0.25, 0.3) is 0 Å². The molecule has 12 nitrogen and oxygen atoms in total. The molecular formula is C33H53BN6O6. The molecule has 6 atom stereocenters. The van der Waals surface area contributed by atoms with Crippen molar-refractivity contribution in [3.8, 4) is 0 Å². The van der Waals surface area contributed by atoms with E-state index in [0.29, 0.717) is 37.5 Å². The molecule has 3 saturated carbocycles. The van der Waals surface area contributed by atoms with Gasteiger partial charge in [0, 0.05) is 13.0 Å². The molecule has 5 N–H and O–H groups in total. The second-order valence-electron chi connectivity index (χ2n) is 14.5. The molecule has 4 fully saturated rings. The van der Waals surface area contributed by atoms with Crippen molar-refractivity contribution in [3.05, 3.63) is 46.0 Å². The highest BCUT2D eigenvalue weighted by atomic mass is 16.7. The van der Waals surface area contributed by atoms with Gasteiger partial charge in [0.05, 0.1) is 17.6 Å². The number of aryl methyl sites for hydroxylation is 1. The number of guanidine groups is 1. The van der Waals surface area contributed by atoms with Crippen LogP contribution in [0.3, 0.4) is 0 Å². The molecule has 13 heteroatoms. The largest absolute Gasteiger partial charge is 0.481 e. The van der Waals surface area contributed by atoms with Crippen LogP contribution >= 0.6 is 0 Å². The third kappa shape index (κ3) is 8.99. The molecule has 1 aromatic carbocycles. The third-order valence-corrected chi connectivity index (χ3v) is 10.4. The van der Waals surface area contributed by atoms with Gasteiger partial charge in [-0.3, -0.25) is 9.59 Å². The first-order valence-corrected chi connectivity index (χ1v) is 17.0. The standard InChI is InChI=1S/C33H53BN6O6/c1-22(2)19-28(34-45-27-21-24-20-26(32(24,3)4)33(27,5)46-34)38-30(42)25(16-12-18-36-31(35)39-40(43)44)37-29(41)17-11-7-10-15-23-13-8-6-9-14-23/h6,8-9,13-14,22,24-28H,7,10-12,15-21H2,1-5H3,(H,37,41)(H,38,42)(H3,35,36,39)/t24-,25+,26-,27-,28+,33+/m1/s1. The van der Waals surface area contributed by atoms with Crippen LogP contribution < -0.4 is 21.8 Å². The Balaban J connectivity index is 1.36. The molecule has 0 radical (unpaired) electrons. The lowest BCUT2D eigenvalue weighted by Gasteiger charge is -2.64. The van der Waals surface area contributed by atoms with Gasteiger partial charge in [0.1, 0.15) is 6.04 Å². The molecule has 0 spiro atoms. The van der Waals surface area contributed by atoms with Gasteiger partial charge >= 0.3 is 7.12 Å². The van der Waals surface area contributed by atoms with Crippen molar-refractivity contribution in [1.29, 1.82) is 0 Å². The number of carbonyl (C=O) groups is 2. The maximum absolute atomic E-state index is 13.8. The van der Waals surface area contributed by atoms with Crippen LogP contribution in [0.4, 0.5) is 0 Å². The minimum absolute atomic E-state index is 0.00525. The minimum atomic E-state index is -0.808. The fourth-order valence-corrected chi connectivity index (χ4v) is 7.70. The van der Waals surface area contributed by atoms with Gasteiger partial charge < -0.3 is 25.7 Å². The number of nitrogens with one attached hydrogen (secondary N) is 3. The Labute approximate surface area is 273 Å². The Bertz CT molecular complexity index is 1230. The summed E-state index contributed by atoms with van der Waals surface area (Å²) in [5.74, 6) is 0.105. The van der Waals surface area contributed by atoms with Gasteiger partial charge in [-0.25, -0.2) is 15.1 Å². The first-order valence-electron chi connectivity index (χ1n) is 17.0. The summed E-state index contributed by atoms with van der Waals surface area (Å²) >= 11 is 0. The van der Waals surface area contributed by atoms with Gasteiger partial charge in [0.15, 0.2) is 5.03 Å². The molecule has 2 amide bonds. The van der Waals surface area contributed by atoms with Crippen LogP contribution in [0.5, 0.6) is 0 Å². The summed E-state index contributed by atoms with van der Waals surface area (Å²) in [6, 6.07) is 9.45. The zero-order chi connectivity index (χ0) is 33.5. The summed E-state index contributed by atoms with van der Waals surface area (Å²) in [6.45, 7) is 11.2. The van der Waals surface area contributed by atoms with Crippen LogP contribution in [0.1, 0.15) is 98.0 Å². The van der Waals surface area contributed by atoms with E-state index in [1.165, 1.54) is 5.56 Å². The molecule has 0 aromatic heterocycles. The molecule has 46 heavy (non-hydrogen) atoms. The fraction of sp³-hybridized carbons (Fsp3) is 0.727. The quantitative estimate of drug-likeness (QED) is 0.0495. The zero-order valence-electron chi connectivity index (χ0n) is 28.1. The summed E-state index contributed by atoms with van der Waals surface area (Å²) in [6.07, 6.45) is 7.32. The van der Waals surface area contributed by atoms with E-state index in [1.807, 2.05) is 23.6 Å². The fourth-order valence-electron chi connectivity index (χ4n) is 7.70. The number of hydrogen-bond donors (Lipinski definition) is 4. The van der Waals surface area contributed by atoms with Crippen molar-refractivity contribution in [3.63, 3.8) is 0 Å². The number of unbranched alkanes of at least 4 members (excludes halogenated alkanes) is 2. The average Bonchev–Trinajstić information content (AvgIpc) is 3.35. The monoisotopic (exact) mass is 640 g/mol. The summed E-state index contributed by atoms with van der Waals surface area (Å²) in [4.78, 5) is 41.4. The number of nitro groups is 1. The Hall–Kier alpha value is -3.19. The van der Waals surface area contributed by atoms with E-state index >= 15 is 0 Å². The Morgan fingerprint density at radius 2 is 1.85 bits per heavy atom. The predicted octanol–water partition coefficient (Wildman–Crippen LogP) is 3.95. The number of benzene rings is 1. The maximum Gasteiger partial charge on any atom is 0.481 e. The van der Waals surface area contributed by atoms with Gasteiger partial charge in [-0.1, -0.05) is 69.9 Å². The number of hydrazine groups is 1. The number of carbonyl (C=O) groups excluding carboxylic acids is 2. The van der Waals surface area contributed by atoms with Crippen LogP contribution in [-0.2, 0) is 25.3 Å². The van der Waals surface area contributed by atoms with E-state index in [0.717, 1.165) is 38.5 Å². The molecule has 4 aliphatic rings. The topological polar surface area (TPSA) is 170 Å². The van der Waals surface area contributed by atoms with Crippen LogP contribution in [0.2, 0.25) is 0 Å². The highest BCUT2D eigenvalue weighted by molar-refractivity contribution is 6.48. The number of hydrogen-bond acceptors (Lipinski definition) is 7. The Kier molecular flexibility index (Phi) is 12.1. The Morgan fingerprint density at radius 1 is 1.11 bits per heavy atom. The molecule has 254 valence electrons. The molecule has 0 unspecified atom stereocenters. The average molecular weight is 641 g/mol. The summed E-state index contributed by atoms with van der Waals surface area (Å²) in [5.41, 5.74) is 8.44. The van der Waals surface area contributed by atoms with Gasteiger partial charge in [-0.2, -0.15) is 0 Å². The van der Waals surface area contributed by atoms with Gasteiger partial charge in [-0.15, -0.1) is 0 Å². The van der Waals surface area contributed by atoms with E-state index in [1.54, 1.807) is 0 Å². The molecular weight excluding hydrogens is 587 g/mol. The smallest absolute Gasteiger partial charge is 0.404 e. The van der Waals surface area contributed by atoms with E-state index in [-0.39, 0.29) is 47.7 Å². The predicted molar refractivity (Wildman–Crippen MR) is 178 cm³/mol. The first kappa shape index (κ1) is 35.7. The lowest BCUT2D eigenvalue weighted by Crippen LogP contribution is -2.65. The lowest BCUT2D eigenvalue weighted by atomic mass is 9.43. The van der Waals surface area contributed by atoms with E-state index in [2.05, 4.69) is 62.4 Å². The first-order chi connectivity index (χ1) is 21.8. The number of nitrogens with two attached hydrogens (primary N) is 1. The SMILES string of the molecule is CC(C)C[C@H](NC(=O)[C@H](CCCN=C(N)N[N+](=O)[O-])NC(=O)CCCCCc1ccccc1)B1O[C@@H]2C[C@H]3C[C@H](C3(C)C)[C@]2(C)O1. The lowest BCUT2D eigenvalue weighted by molar-refractivity contribution is -0.525. The highest BCUT2D eigenvalue weighted by Crippen LogP contribution is 2.65. The van der Waals surface area contributed by atoms with Crippen molar-refractivity contribution < 1.29 is 23.9 Å². The number of nitrogens with zero attached hydrogens (tertiary/aromatic N) is 2. The second kappa shape index (κ2) is 15.6. The number of aliphatic imine (C=N–C) groups is 1. The van der Waals surface area contributed by atoms with Gasteiger partial charge in [0.25, 0.3) is 5.96 Å². The molecule has 2 bridgehead atoms. The van der Waals surface area contributed by atoms with Crippen molar-refractivity contribution in [1.82, 2.24) is 16.1 Å². The normalized spacial score (nSPS) is 26.1. The van der Waals surface area contributed by atoms with Crippen molar-refractivity contribution >= 4 is 24.9 Å². The van der Waals surface area contributed by atoms with E-state index in [4.69, 9.17) is 15.0 Å². The zero-order valence-corrected chi connectivity index (χ0v) is 28.1. The van der Waals surface area contributed by atoms with E-state index < -0.39 is 23.8 Å². The Morgan fingerprint density at radius 3 is 2.52 bits per heavy atom. The summed E-state index contributed by atoms with van der Waals surface area (Å²) in [7, 11) is -0.574. The van der Waals surface area contributed by atoms with Crippen LogP contribution in [0.15, 0.2) is 35.3 Å². The second-order valence-corrected chi connectivity index (χ2v) is 14.5. The van der Waals surface area contributed by atoms with E-state index in [9.17, 15) is 19.7 Å². The van der Waals surface area contributed by atoms with Gasteiger partial charge in [0.2, 0.25) is 11.8 Å². The molecule has 5 rings (SSSR count). The highest BCUT2D eigenvalue weighted by Gasteiger charge is 2.68. The molecule has 1 saturated heterocycles. The van der Waals surface area contributed by atoms with Crippen molar-refractivity contribution in [2.45, 2.75) is 123 Å². The maximum atomic E-state index is 13.8. The minimum Gasteiger partial charge on any atom is -0.404 e. The molecule has 1 aromatic rings. The number of amides is 2. The summed E-state index contributed by atoms with van der Waals surface area (Å²) in [5, 5.41) is 16.0. The van der Waals surface area contributed by atoms with Gasteiger partial charge in [-0.05, 0) is 87.0 Å². The number of rotatable bonds is 17. The van der Waals surface area contributed by atoms with Crippen molar-refractivity contribution in [2.24, 2.45) is 33.9 Å². The molecule has 1 aliphatic heterocycles. The molecule has 3 aliphatic carbocycles. The van der Waals surface area contributed by atoms with Crippen LogP contribution in [-0.4, -0.2) is 60.2 Å².